The Balaban J connectivity index is 1.56. The van der Waals surface area contributed by atoms with Crippen molar-refractivity contribution in [1.82, 2.24) is 4.98 Å². The summed E-state index contributed by atoms with van der Waals surface area (Å²) in [5.41, 5.74) is 1.76. The monoisotopic (exact) mass is 444 g/mol. The number of aromatic nitrogens is 1. The summed E-state index contributed by atoms with van der Waals surface area (Å²) in [4.78, 5) is 18.0. The molecule has 0 spiro atoms. The number of rotatable bonds is 9. The first kappa shape index (κ1) is 22.0. The molecule has 1 N–H and O–H groups in total. The van der Waals surface area contributed by atoms with E-state index >= 15 is 0 Å². The fraction of sp³-hybridized carbons (Fsp3) is 0.273. The Hall–Kier alpha value is -2.71. The normalized spacial score (nSPS) is 11.3. The Morgan fingerprint density at radius 2 is 1.80 bits per heavy atom. The minimum atomic E-state index is -3.38. The summed E-state index contributed by atoms with van der Waals surface area (Å²) in [6.07, 6.45) is 0.363. The molecular weight excluding hydrogens is 420 g/mol. The third-order valence-electron chi connectivity index (χ3n) is 4.40. The first-order valence-corrected chi connectivity index (χ1v) is 12.1. The molecule has 1 heterocycles. The number of thiazole rings is 1. The van der Waals surface area contributed by atoms with Crippen molar-refractivity contribution >= 4 is 32.2 Å². The maximum atomic E-state index is 12.3. The molecule has 1 amide bonds. The minimum absolute atomic E-state index is 0.0707. The number of anilines is 1. The van der Waals surface area contributed by atoms with Crippen molar-refractivity contribution in [3.63, 3.8) is 0 Å². The van der Waals surface area contributed by atoms with Gasteiger partial charge in [0.05, 0.1) is 22.9 Å². The second-order valence-corrected chi connectivity index (χ2v) is 9.98. The molecule has 1 aromatic heterocycles. The number of amides is 1. The van der Waals surface area contributed by atoms with E-state index in [1.807, 2.05) is 38.1 Å². The van der Waals surface area contributed by atoms with Crippen LogP contribution in [0.1, 0.15) is 24.6 Å². The van der Waals surface area contributed by atoms with Crippen LogP contribution in [0.5, 0.6) is 5.75 Å². The van der Waals surface area contributed by atoms with Crippen molar-refractivity contribution in [3.05, 3.63) is 59.5 Å². The molecule has 0 radical (unpaired) electrons. The summed E-state index contributed by atoms with van der Waals surface area (Å²) in [6.45, 7) is 4.49. The van der Waals surface area contributed by atoms with Gasteiger partial charge in [0.1, 0.15) is 5.75 Å². The van der Waals surface area contributed by atoms with E-state index in [0.717, 1.165) is 21.9 Å². The highest BCUT2D eigenvalue weighted by atomic mass is 32.2. The fourth-order valence-corrected chi connectivity index (χ4v) is 5.13. The number of nitrogens with zero attached hydrogens (tertiary/aromatic N) is 1. The molecule has 0 unspecified atom stereocenters. The number of hydrogen-bond donors (Lipinski definition) is 1. The summed E-state index contributed by atoms with van der Waals surface area (Å²) >= 11 is 1.40. The van der Waals surface area contributed by atoms with E-state index in [9.17, 15) is 13.2 Å². The van der Waals surface area contributed by atoms with Gasteiger partial charge >= 0.3 is 0 Å². The zero-order chi connectivity index (χ0) is 21.6. The van der Waals surface area contributed by atoms with Gasteiger partial charge in [0.15, 0.2) is 15.0 Å². The Morgan fingerprint density at radius 1 is 1.10 bits per heavy atom. The van der Waals surface area contributed by atoms with Crippen molar-refractivity contribution in [3.8, 4) is 17.0 Å². The van der Waals surface area contributed by atoms with Gasteiger partial charge in [0.2, 0.25) is 5.91 Å². The Morgan fingerprint density at radius 3 is 2.47 bits per heavy atom. The van der Waals surface area contributed by atoms with Crippen LogP contribution in [-0.4, -0.2) is 31.7 Å². The largest absolute Gasteiger partial charge is 0.494 e. The quantitative estimate of drug-likeness (QED) is 0.517. The van der Waals surface area contributed by atoms with Gasteiger partial charge in [-0.25, -0.2) is 13.4 Å². The van der Waals surface area contributed by atoms with Crippen LogP contribution in [0.25, 0.3) is 11.3 Å². The van der Waals surface area contributed by atoms with Gasteiger partial charge in [-0.3, -0.25) is 4.79 Å². The predicted molar refractivity (Wildman–Crippen MR) is 120 cm³/mol. The standard InChI is InChI=1S/C22H24N2O4S2/c1-3-28-18-13-11-17(12-14-18)21-16(2)29-22(24-21)23-20(25)10-7-15-30(26,27)19-8-5-4-6-9-19/h4-6,8-9,11-14H,3,7,10,15H2,1-2H3,(H,23,24,25). The first-order valence-electron chi connectivity index (χ1n) is 9.67. The maximum absolute atomic E-state index is 12.3. The van der Waals surface area contributed by atoms with E-state index < -0.39 is 9.84 Å². The number of hydrogen-bond acceptors (Lipinski definition) is 6. The summed E-state index contributed by atoms with van der Waals surface area (Å²) < 4.78 is 30.0. The molecule has 2 aromatic carbocycles. The van der Waals surface area contributed by atoms with E-state index in [0.29, 0.717) is 11.7 Å². The molecule has 0 bridgehead atoms. The minimum Gasteiger partial charge on any atom is -0.494 e. The summed E-state index contributed by atoms with van der Waals surface area (Å²) in [7, 11) is -3.38. The predicted octanol–water partition coefficient (Wildman–Crippen LogP) is 4.71. The van der Waals surface area contributed by atoms with Gasteiger partial charge in [-0.1, -0.05) is 18.2 Å². The lowest BCUT2D eigenvalue weighted by atomic mass is 10.1. The number of ether oxygens (including phenoxy) is 1. The molecular formula is C22H24N2O4S2. The van der Waals surface area contributed by atoms with Crippen LogP contribution in [0.15, 0.2) is 59.5 Å². The van der Waals surface area contributed by atoms with Crippen LogP contribution in [0.4, 0.5) is 5.13 Å². The summed E-state index contributed by atoms with van der Waals surface area (Å²) in [5.74, 6) is 0.483. The van der Waals surface area contributed by atoms with Gasteiger partial charge in [-0.05, 0) is 56.7 Å². The van der Waals surface area contributed by atoms with Gasteiger partial charge in [0, 0.05) is 16.9 Å². The van der Waals surface area contributed by atoms with Gasteiger partial charge in [-0.15, -0.1) is 11.3 Å². The SMILES string of the molecule is CCOc1ccc(-c2nc(NC(=O)CCCS(=O)(=O)c3ccccc3)sc2C)cc1. The average Bonchev–Trinajstić information content (AvgIpc) is 3.09. The summed E-state index contributed by atoms with van der Waals surface area (Å²) in [6, 6.07) is 15.9. The molecule has 3 rings (SSSR count). The third kappa shape index (κ3) is 5.67. The van der Waals surface area contributed by atoms with Crippen LogP contribution < -0.4 is 10.1 Å². The van der Waals surface area contributed by atoms with E-state index in [-0.39, 0.29) is 29.4 Å². The molecule has 0 aliphatic heterocycles. The van der Waals surface area contributed by atoms with Gasteiger partial charge < -0.3 is 10.1 Å². The second-order valence-electron chi connectivity index (χ2n) is 6.66. The van der Waals surface area contributed by atoms with Crippen molar-refractivity contribution < 1.29 is 17.9 Å². The third-order valence-corrected chi connectivity index (χ3v) is 7.10. The topological polar surface area (TPSA) is 85.4 Å². The molecule has 0 fully saturated rings. The molecule has 0 saturated heterocycles. The molecule has 0 atom stereocenters. The second kappa shape index (κ2) is 9.86. The molecule has 8 heteroatoms. The van der Waals surface area contributed by atoms with Crippen LogP contribution in [0.3, 0.4) is 0 Å². The lowest BCUT2D eigenvalue weighted by molar-refractivity contribution is -0.116. The molecule has 6 nitrogen and oxygen atoms in total. The van der Waals surface area contributed by atoms with Crippen molar-refractivity contribution in [2.45, 2.75) is 31.6 Å². The van der Waals surface area contributed by atoms with Gasteiger partial charge in [-0.2, -0.15) is 0 Å². The van der Waals surface area contributed by atoms with Crippen molar-refractivity contribution in [1.29, 1.82) is 0 Å². The molecule has 0 saturated carbocycles. The Bertz CT molecular complexity index is 1090. The molecule has 30 heavy (non-hydrogen) atoms. The molecule has 0 aliphatic carbocycles. The van der Waals surface area contributed by atoms with E-state index in [1.165, 1.54) is 11.3 Å². The number of aryl methyl sites for hydroxylation is 1. The molecule has 3 aromatic rings. The van der Waals surface area contributed by atoms with Crippen LogP contribution in [-0.2, 0) is 14.6 Å². The highest BCUT2D eigenvalue weighted by Gasteiger charge is 2.16. The van der Waals surface area contributed by atoms with Crippen LogP contribution in [0.2, 0.25) is 0 Å². The lowest BCUT2D eigenvalue weighted by Gasteiger charge is -2.05. The first-order chi connectivity index (χ1) is 14.4. The zero-order valence-corrected chi connectivity index (χ0v) is 18.6. The Labute approximate surface area is 180 Å². The fourth-order valence-electron chi connectivity index (χ4n) is 2.94. The maximum Gasteiger partial charge on any atom is 0.226 e. The van der Waals surface area contributed by atoms with Crippen LogP contribution >= 0.6 is 11.3 Å². The van der Waals surface area contributed by atoms with E-state index in [2.05, 4.69) is 10.3 Å². The van der Waals surface area contributed by atoms with Crippen molar-refractivity contribution in [2.24, 2.45) is 0 Å². The van der Waals surface area contributed by atoms with Crippen molar-refractivity contribution in [2.75, 3.05) is 17.7 Å². The van der Waals surface area contributed by atoms with Crippen LogP contribution in [0, 0.1) is 6.92 Å². The number of carbonyl (C=O) groups excluding carboxylic acids is 1. The Kier molecular flexibility index (Phi) is 7.23. The number of sulfone groups is 1. The molecule has 158 valence electrons. The zero-order valence-electron chi connectivity index (χ0n) is 16.9. The molecule has 0 aliphatic rings. The number of benzene rings is 2. The van der Waals surface area contributed by atoms with E-state index in [1.54, 1.807) is 30.3 Å². The lowest BCUT2D eigenvalue weighted by Crippen LogP contribution is -2.14. The average molecular weight is 445 g/mol. The highest BCUT2D eigenvalue weighted by molar-refractivity contribution is 7.91. The van der Waals surface area contributed by atoms with E-state index in [4.69, 9.17) is 4.74 Å². The summed E-state index contributed by atoms with van der Waals surface area (Å²) in [5, 5.41) is 3.29. The number of nitrogens with one attached hydrogen (secondary N) is 1. The number of carbonyl (C=O) groups is 1. The van der Waals surface area contributed by atoms with Gasteiger partial charge in [0.25, 0.3) is 0 Å². The highest BCUT2D eigenvalue weighted by Crippen LogP contribution is 2.31. The smallest absolute Gasteiger partial charge is 0.226 e.